The quantitative estimate of drug-likeness (QED) is 0.564. The first-order chi connectivity index (χ1) is 6.83. The molecule has 1 aliphatic heterocycles. The molecule has 0 aromatic heterocycles. The second-order valence-electron chi connectivity index (χ2n) is 3.75. The number of nitrogens with one attached hydrogen (secondary N) is 1. The largest absolute Gasteiger partial charge is 0.271 e. The molecule has 1 heterocycles. The zero-order chi connectivity index (χ0) is 10.4. The first-order valence-electron chi connectivity index (χ1n) is 5.48. The van der Waals surface area contributed by atoms with Crippen LogP contribution in [0.3, 0.4) is 0 Å². The third-order valence-corrected chi connectivity index (χ3v) is 5.88. The molecule has 2 atom stereocenters. The molecule has 0 bridgehead atoms. The lowest BCUT2D eigenvalue weighted by molar-refractivity contribution is 0.337. The smallest absolute Gasteiger partial charge is 0.0365 e. The van der Waals surface area contributed by atoms with Crippen molar-refractivity contribution in [2.24, 2.45) is 11.8 Å². The molecule has 1 rings (SSSR count). The zero-order valence-electron chi connectivity index (χ0n) is 9.16. The van der Waals surface area contributed by atoms with Crippen LogP contribution in [0.4, 0.5) is 0 Å². The van der Waals surface area contributed by atoms with E-state index in [9.17, 15) is 0 Å². The van der Waals surface area contributed by atoms with E-state index in [0.29, 0.717) is 11.3 Å². The van der Waals surface area contributed by atoms with E-state index in [-0.39, 0.29) is 0 Å². The average Bonchev–Trinajstić information content (AvgIpc) is 2.27. The number of rotatable bonds is 5. The van der Waals surface area contributed by atoms with Crippen molar-refractivity contribution in [3.05, 3.63) is 0 Å². The summed E-state index contributed by atoms with van der Waals surface area (Å²) in [7, 11) is 0. The average molecular weight is 234 g/mol. The van der Waals surface area contributed by atoms with Gasteiger partial charge >= 0.3 is 0 Å². The Morgan fingerprint density at radius 2 is 2.07 bits per heavy atom. The molecule has 4 heteroatoms. The summed E-state index contributed by atoms with van der Waals surface area (Å²) in [4.78, 5) is 0. The van der Waals surface area contributed by atoms with Gasteiger partial charge in [0, 0.05) is 28.6 Å². The molecule has 0 aromatic carbocycles. The van der Waals surface area contributed by atoms with E-state index in [1.807, 2.05) is 0 Å². The molecule has 2 nitrogen and oxygen atoms in total. The third-order valence-electron chi connectivity index (χ3n) is 2.99. The first kappa shape index (κ1) is 12.7. The lowest BCUT2D eigenvalue weighted by Gasteiger charge is -2.33. The third kappa shape index (κ3) is 3.33. The maximum atomic E-state index is 5.68. The van der Waals surface area contributed by atoms with Gasteiger partial charge in [-0.15, -0.1) is 0 Å². The Morgan fingerprint density at radius 1 is 1.36 bits per heavy atom. The van der Waals surface area contributed by atoms with E-state index in [0.717, 1.165) is 5.92 Å². The Labute approximate surface area is 96.1 Å². The Morgan fingerprint density at radius 3 is 2.50 bits per heavy atom. The van der Waals surface area contributed by atoms with E-state index < -0.39 is 0 Å². The van der Waals surface area contributed by atoms with E-state index in [4.69, 9.17) is 5.84 Å². The van der Waals surface area contributed by atoms with Crippen LogP contribution >= 0.6 is 23.5 Å². The molecule has 0 aliphatic carbocycles. The van der Waals surface area contributed by atoms with Crippen molar-refractivity contribution >= 4 is 23.5 Å². The van der Waals surface area contributed by atoms with Crippen molar-refractivity contribution in [1.82, 2.24) is 5.43 Å². The van der Waals surface area contributed by atoms with Gasteiger partial charge < -0.3 is 0 Å². The summed E-state index contributed by atoms with van der Waals surface area (Å²) in [5.74, 6) is 10.3. The summed E-state index contributed by atoms with van der Waals surface area (Å²) < 4.78 is 0. The molecule has 1 aliphatic rings. The fourth-order valence-electron chi connectivity index (χ4n) is 2.06. The van der Waals surface area contributed by atoms with E-state index >= 15 is 0 Å². The molecular weight excluding hydrogens is 212 g/mol. The number of nitrogens with two attached hydrogens (primary N) is 1. The summed E-state index contributed by atoms with van der Waals surface area (Å²) in [5, 5.41) is 0.712. The van der Waals surface area contributed by atoms with Gasteiger partial charge in [0.2, 0.25) is 0 Å². The lowest BCUT2D eigenvalue weighted by Crippen LogP contribution is -2.49. The topological polar surface area (TPSA) is 38.0 Å². The minimum absolute atomic E-state index is 0.503. The molecule has 0 aromatic rings. The second kappa shape index (κ2) is 6.99. The number of hydrazine groups is 1. The van der Waals surface area contributed by atoms with Gasteiger partial charge in [-0.25, -0.2) is 0 Å². The summed E-state index contributed by atoms with van der Waals surface area (Å²) in [6.07, 6.45) is 2.46. The minimum atomic E-state index is 0.503. The molecule has 1 fully saturated rings. The first-order valence-corrected chi connectivity index (χ1v) is 7.69. The van der Waals surface area contributed by atoms with Crippen molar-refractivity contribution < 1.29 is 0 Å². The van der Waals surface area contributed by atoms with Crippen LogP contribution < -0.4 is 11.3 Å². The van der Waals surface area contributed by atoms with Gasteiger partial charge in [-0.1, -0.05) is 26.7 Å². The van der Waals surface area contributed by atoms with Crippen LogP contribution in [0.2, 0.25) is 0 Å². The second-order valence-corrected chi connectivity index (χ2v) is 6.25. The van der Waals surface area contributed by atoms with Gasteiger partial charge in [0.1, 0.15) is 0 Å². The minimum Gasteiger partial charge on any atom is -0.271 e. The SMILES string of the molecule is CCC(CC)C(NN)C1CSCCS1. The highest BCUT2D eigenvalue weighted by atomic mass is 32.2. The van der Waals surface area contributed by atoms with Gasteiger partial charge in [-0.05, 0) is 5.92 Å². The van der Waals surface area contributed by atoms with E-state index in [1.165, 1.54) is 30.1 Å². The van der Waals surface area contributed by atoms with Crippen LogP contribution in [0.25, 0.3) is 0 Å². The molecule has 84 valence electrons. The van der Waals surface area contributed by atoms with Gasteiger partial charge in [-0.3, -0.25) is 11.3 Å². The van der Waals surface area contributed by atoms with Gasteiger partial charge in [0.15, 0.2) is 0 Å². The van der Waals surface area contributed by atoms with Crippen LogP contribution in [0.5, 0.6) is 0 Å². The van der Waals surface area contributed by atoms with Gasteiger partial charge in [0.05, 0.1) is 0 Å². The molecule has 0 saturated carbocycles. The van der Waals surface area contributed by atoms with Crippen LogP contribution in [0.1, 0.15) is 26.7 Å². The van der Waals surface area contributed by atoms with E-state index in [2.05, 4.69) is 42.8 Å². The molecule has 0 amide bonds. The van der Waals surface area contributed by atoms with Crippen molar-refractivity contribution in [2.75, 3.05) is 17.3 Å². The molecule has 3 N–H and O–H groups in total. The van der Waals surface area contributed by atoms with Crippen molar-refractivity contribution in [3.63, 3.8) is 0 Å². The van der Waals surface area contributed by atoms with Crippen LogP contribution in [0.15, 0.2) is 0 Å². The Bertz CT molecular complexity index is 145. The maximum absolute atomic E-state index is 5.68. The van der Waals surface area contributed by atoms with Crippen LogP contribution in [-0.2, 0) is 0 Å². The van der Waals surface area contributed by atoms with Crippen molar-refractivity contribution in [3.8, 4) is 0 Å². The highest BCUT2D eigenvalue weighted by Gasteiger charge is 2.28. The molecule has 0 spiro atoms. The lowest BCUT2D eigenvalue weighted by atomic mass is 9.92. The number of hydrogen-bond acceptors (Lipinski definition) is 4. The van der Waals surface area contributed by atoms with Crippen LogP contribution in [0, 0.1) is 5.92 Å². The fourth-order valence-corrected chi connectivity index (χ4v) is 5.00. The molecular formula is C10H22N2S2. The number of thioether (sulfide) groups is 2. The Hall–Kier alpha value is 0.620. The summed E-state index contributed by atoms with van der Waals surface area (Å²) >= 11 is 4.16. The molecule has 0 radical (unpaired) electrons. The summed E-state index contributed by atoms with van der Waals surface area (Å²) in [6, 6.07) is 0.503. The number of hydrogen-bond donors (Lipinski definition) is 2. The summed E-state index contributed by atoms with van der Waals surface area (Å²) in [6.45, 7) is 4.53. The van der Waals surface area contributed by atoms with Crippen LogP contribution in [-0.4, -0.2) is 28.6 Å². The van der Waals surface area contributed by atoms with Gasteiger partial charge in [-0.2, -0.15) is 23.5 Å². The predicted octanol–water partition coefficient (Wildman–Crippen LogP) is 2.10. The highest BCUT2D eigenvalue weighted by Crippen LogP contribution is 2.30. The molecule has 2 unspecified atom stereocenters. The van der Waals surface area contributed by atoms with E-state index in [1.54, 1.807) is 0 Å². The predicted molar refractivity (Wildman–Crippen MR) is 68.8 cm³/mol. The Balaban J connectivity index is 2.49. The molecule has 1 saturated heterocycles. The maximum Gasteiger partial charge on any atom is 0.0365 e. The van der Waals surface area contributed by atoms with Crippen molar-refractivity contribution in [1.29, 1.82) is 0 Å². The zero-order valence-corrected chi connectivity index (χ0v) is 10.8. The molecule has 14 heavy (non-hydrogen) atoms. The normalized spacial score (nSPS) is 25.3. The Kier molecular flexibility index (Phi) is 6.33. The van der Waals surface area contributed by atoms with Gasteiger partial charge in [0.25, 0.3) is 0 Å². The fraction of sp³-hybridized carbons (Fsp3) is 1.00. The summed E-state index contributed by atoms with van der Waals surface area (Å²) in [5.41, 5.74) is 3.04. The highest BCUT2D eigenvalue weighted by molar-refractivity contribution is 8.06. The van der Waals surface area contributed by atoms with Crippen molar-refractivity contribution in [2.45, 2.75) is 38.0 Å². The monoisotopic (exact) mass is 234 g/mol. The standard InChI is InChI=1S/C10H22N2S2/c1-3-8(4-2)10(12-11)9-7-13-5-6-14-9/h8-10,12H,3-7,11H2,1-2H3.